The van der Waals surface area contributed by atoms with Crippen molar-refractivity contribution in [2.45, 2.75) is 6.04 Å². The van der Waals surface area contributed by atoms with Crippen LogP contribution in [-0.4, -0.2) is 33.8 Å². The maximum absolute atomic E-state index is 13.8. The Morgan fingerprint density at radius 2 is 1.89 bits per heavy atom. The average molecular weight is 505 g/mol. The molecule has 4 aromatic rings. The van der Waals surface area contributed by atoms with Crippen LogP contribution in [0.5, 0.6) is 5.75 Å². The van der Waals surface area contributed by atoms with E-state index in [9.17, 15) is 29.2 Å². The monoisotopic (exact) mass is 505 g/mol. The fourth-order valence-corrected chi connectivity index (χ4v) is 5.06. The van der Waals surface area contributed by atoms with Crippen LogP contribution in [0.3, 0.4) is 0 Å². The first-order valence-electron chi connectivity index (χ1n) is 10.5. The van der Waals surface area contributed by atoms with Crippen LogP contribution in [0.2, 0.25) is 0 Å². The predicted octanol–water partition coefficient (Wildman–Crippen LogP) is 4.98. The first-order chi connectivity index (χ1) is 17.3. The summed E-state index contributed by atoms with van der Waals surface area (Å²) >= 11 is 1.01. The number of methoxy groups -OCH3 is 1. The molecule has 1 fully saturated rings. The van der Waals surface area contributed by atoms with E-state index in [1.807, 2.05) is 0 Å². The van der Waals surface area contributed by atoms with Crippen molar-refractivity contribution in [2.24, 2.45) is 0 Å². The Labute approximate surface area is 206 Å². The molecule has 9 nitrogen and oxygen atoms in total. The third kappa shape index (κ3) is 3.85. The Morgan fingerprint density at radius 3 is 2.58 bits per heavy atom. The summed E-state index contributed by atoms with van der Waals surface area (Å²) in [4.78, 5) is 42.6. The van der Waals surface area contributed by atoms with Gasteiger partial charge in [0.1, 0.15) is 17.3 Å². The highest BCUT2D eigenvalue weighted by molar-refractivity contribution is 7.22. The number of non-ortho nitro benzene ring substituents is 1. The standard InChI is InChI=1S/C25H16FN3O6S/c1-35-17-4-2-3-14(11-17)22(30)20-21(13-5-8-16(9-6-13)29(33)34)28(24(32)23(20)31)25-27-18-10-7-15(26)12-19(18)36-25/h2-12,21,30H,1H3. The van der Waals surface area contributed by atoms with Crippen molar-refractivity contribution in [1.29, 1.82) is 0 Å². The molecule has 36 heavy (non-hydrogen) atoms. The zero-order chi connectivity index (χ0) is 25.6. The molecule has 0 radical (unpaired) electrons. The second-order valence-corrected chi connectivity index (χ2v) is 8.87. The van der Waals surface area contributed by atoms with Crippen molar-refractivity contribution >= 4 is 49.8 Å². The molecule has 0 spiro atoms. The lowest BCUT2D eigenvalue weighted by Crippen LogP contribution is -2.29. The predicted molar refractivity (Wildman–Crippen MR) is 130 cm³/mol. The van der Waals surface area contributed by atoms with Gasteiger partial charge in [-0.05, 0) is 48.0 Å². The fourth-order valence-electron chi connectivity index (χ4n) is 4.04. The van der Waals surface area contributed by atoms with Gasteiger partial charge in [0.05, 0.1) is 33.9 Å². The summed E-state index contributed by atoms with van der Waals surface area (Å²) in [6.07, 6.45) is 0. The van der Waals surface area contributed by atoms with Crippen molar-refractivity contribution < 1.29 is 28.7 Å². The van der Waals surface area contributed by atoms with E-state index in [-0.39, 0.29) is 22.0 Å². The van der Waals surface area contributed by atoms with Crippen LogP contribution in [0.4, 0.5) is 15.2 Å². The molecule has 1 amide bonds. The largest absolute Gasteiger partial charge is 0.507 e. The molecule has 11 heteroatoms. The number of rotatable bonds is 5. The van der Waals surface area contributed by atoms with Gasteiger partial charge < -0.3 is 9.84 Å². The number of nitro benzene ring substituents is 1. The van der Waals surface area contributed by atoms with Crippen molar-refractivity contribution in [2.75, 3.05) is 12.0 Å². The number of ketones is 1. The molecule has 1 aliphatic heterocycles. The second-order valence-electron chi connectivity index (χ2n) is 7.86. The first-order valence-corrected chi connectivity index (χ1v) is 11.4. The lowest BCUT2D eigenvalue weighted by atomic mass is 9.95. The molecule has 2 heterocycles. The highest BCUT2D eigenvalue weighted by Gasteiger charge is 2.48. The van der Waals surface area contributed by atoms with Gasteiger partial charge in [-0.15, -0.1) is 0 Å². The van der Waals surface area contributed by atoms with Crippen LogP contribution in [0, 0.1) is 15.9 Å². The van der Waals surface area contributed by atoms with Crippen LogP contribution in [-0.2, 0) is 9.59 Å². The van der Waals surface area contributed by atoms with Gasteiger partial charge in [-0.25, -0.2) is 9.37 Å². The number of aromatic nitrogens is 1. The fraction of sp³-hybridized carbons (Fsp3) is 0.0800. The maximum atomic E-state index is 13.8. The number of anilines is 1. The minimum Gasteiger partial charge on any atom is -0.507 e. The van der Waals surface area contributed by atoms with Gasteiger partial charge >= 0.3 is 5.91 Å². The molecule has 1 saturated heterocycles. The molecule has 0 bridgehead atoms. The van der Waals surface area contributed by atoms with Crippen LogP contribution >= 0.6 is 11.3 Å². The van der Waals surface area contributed by atoms with E-state index >= 15 is 0 Å². The summed E-state index contributed by atoms with van der Waals surface area (Å²) in [6, 6.07) is 14.5. The van der Waals surface area contributed by atoms with Crippen LogP contribution in [0.15, 0.2) is 72.3 Å². The van der Waals surface area contributed by atoms with Crippen molar-refractivity contribution in [1.82, 2.24) is 4.98 Å². The molecule has 1 atom stereocenters. The van der Waals surface area contributed by atoms with Crippen LogP contribution < -0.4 is 9.64 Å². The number of carbonyl (C=O) groups excluding carboxylic acids is 2. The number of nitro groups is 1. The summed E-state index contributed by atoms with van der Waals surface area (Å²) in [5, 5.41) is 22.5. The molecule has 1 unspecified atom stereocenters. The molecule has 0 aliphatic carbocycles. The minimum atomic E-state index is -1.14. The topological polar surface area (TPSA) is 123 Å². The summed E-state index contributed by atoms with van der Waals surface area (Å²) < 4.78 is 19.4. The molecule has 0 saturated carbocycles. The number of benzene rings is 3. The summed E-state index contributed by atoms with van der Waals surface area (Å²) in [5.74, 6) is -2.39. The Balaban J connectivity index is 1.72. The van der Waals surface area contributed by atoms with E-state index in [0.29, 0.717) is 21.5 Å². The van der Waals surface area contributed by atoms with Crippen molar-refractivity contribution in [3.8, 4) is 5.75 Å². The highest BCUT2D eigenvalue weighted by atomic mass is 32.1. The molecule has 5 rings (SSSR count). The zero-order valence-electron chi connectivity index (χ0n) is 18.5. The zero-order valence-corrected chi connectivity index (χ0v) is 19.4. The third-order valence-electron chi connectivity index (χ3n) is 5.75. The van der Waals surface area contributed by atoms with Crippen molar-refractivity contribution in [3.63, 3.8) is 0 Å². The van der Waals surface area contributed by atoms with E-state index in [1.54, 1.807) is 18.2 Å². The molecular weight excluding hydrogens is 489 g/mol. The molecule has 3 aromatic carbocycles. The van der Waals surface area contributed by atoms with Crippen molar-refractivity contribution in [3.05, 3.63) is 99.4 Å². The van der Waals surface area contributed by atoms with Gasteiger partial charge in [-0.1, -0.05) is 23.5 Å². The number of amides is 1. The highest BCUT2D eigenvalue weighted by Crippen LogP contribution is 2.44. The lowest BCUT2D eigenvalue weighted by molar-refractivity contribution is -0.384. The third-order valence-corrected chi connectivity index (χ3v) is 6.77. The normalized spacial score (nSPS) is 17.1. The number of Topliss-reactive ketones (excluding diaryl/α,β-unsaturated/α-hetero) is 1. The van der Waals surface area contributed by atoms with Gasteiger partial charge in [-0.3, -0.25) is 24.6 Å². The number of aliphatic hydroxyl groups is 1. The maximum Gasteiger partial charge on any atom is 0.301 e. The number of nitrogens with zero attached hydrogens (tertiary/aromatic N) is 3. The van der Waals surface area contributed by atoms with E-state index in [1.165, 1.54) is 55.6 Å². The van der Waals surface area contributed by atoms with Gasteiger partial charge in [0.25, 0.3) is 11.5 Å². The van der Waals surface area contributed by atoms with E-state index < -0.39 is 34.2 Å². The van der Waals surface area contributed by atoms with Gasteiger partial charge in [0.15, 0.2) is 5.13 Å². The number of aliphatic hydroxyl groups excluding tert-OH is 1. The van der Waals surface area contributed by atoms with E-state index in [4.69, 9.17) is 4.74 Å². The second kappa shape index (κ2) is 8.86. The molecule has 1 N–H and O–H groups in total. The number of carbonyl (C=O) groups is 2. The molecule has 1 aromatic heterocycles. The number of ether oxygens (including phenoxy) is 1. The smallest absolute Gasteiger partial charge is 0.301 e. The Hall–Kier alpha value is -4.64. The quantitative estimate of drug-likeness (QED) is 0.133. The van der Waals surface area contributed by atoms with Gasteiger partial charge in [0, 0.05) is 17.7 Å². The summed E-state index contributed by atoms with van der Waals surface area (Å²) in [6.45, 7) is 0. The first kappa shape index (κ1) is 23.1. The number of thiazole rings is 1. The number of hydrogen-bond donors (Lipinski definition) is 1. The van der Waals surface area contributed by atoms with Crippen LogP contribution in [0.1, 0.15) is 17.2 Å². The van der Waals surface area contributed by atoms with Gasteiger partial charge in [0.2, 0.25) is 0 Å². The molecule has 180 valence electrons. The Bertz CT molecular complexity index is 1580. The Kier molecular flexibility index (Phi) is 5.69. The minimum absolute atomic E-state index is 0.116. The number of halogens is 1. The SMILES string of the molecule is COc1cccc(C(O)=C2C(=O)C(=O)N(c3nc4ccc(F)cc4s3)C2c2ccc([N+](=O)[O-])cc2)c1. The van der Waals surface area contributed by atoms with E-state index in [2.05, 4.69) is 4.98 Å². The number of fused-ring (bicyclic) bond motifs is 1. The molecule has 1 aliphatic rings. The van der Waals surface area contributed by atoms with Crippen LogP contribution in [0.25, 0.3) is 16.0 Å². The molecular formula is C25H16FN3O6S. The number of hydrogen-bond acceptors (Lipinski definition) is 8. The summed E-state index contributed by atoms with van der Waals surface area (Å²) in [7, 11) is 1.45. The Morgan fingerprint density at radius 1 is 1.14 bits per heavy atom. The van der Waals surface area contributed by atoms with Gasteiger partial charge in [-0.2, -0.15) is 0 Å². The summed E-state index contributed by atoms with van der Waals surface area (Å²) in [5.41, 5.74) is 0.611. The average Bonchev–Trinajstić information content (AvgIpc) is 3.41. The lowest BCUT2D eigenvalue weighted by Gasteiger charge is -2.22. The van der Waals surface area contributed by atoms with E-state index in [0.717, 1.165) is 16.2 Å².